The molecule has 3 aromatic rings. The van der Waals surface area contributed by atoms with Crippen LogP contribution >= 0.6 is 11.3 Å². The zero-order chi connectivity index (χ0) is 23.4. The van der Waals surface area contributed by atoms with E-state index < -0.39 is 15.9 Å². The van der Waals surface area contributed by atoms with Gasteiger partial charge in [0.2, 0.25) is 10.0 Å². The second kappa shape index (κ2) is 10.3. The molecule has 1 amide bonds. The van der Waals surface area contributed by atoms with E-state index >= 15 is 0 Å². The number of carbonyl (C=O) groups is 1. The van der Waals surface area contributed by atoms with Crippen LogP contribution < -0.4 is 4.80 Å². The molecular weight excluding hydrogens is 458 g/mol. The van der Waals surface area contributed by atoms with Crippen LogP contribution in [-0.4, -0.2) is 50.0 Å². The molecule has 0 saturated carbocycles. The van der Waals surface area contributed by atoms with Crippen LogP contribution in [0.4, 0.5) is 0 Å². The third kappa shape index (κ3) is 5.27. The van der Waals surface area contributed by atoms with Crippen LogP contribution in [0.3, 0.4) is 0 Å². The Labute approximate surface area is 198 Å². The summed E-state index contributed by atoms with van der Waals surface area (Å²) in [7, 11) is -1.91. The standard InChI is InChI=1S/C24H29N3O4S2/c1-18-7-12-21-22(17-18)32-24(27(21)15-16-31-2)25-23(28)19-8-10-20(11-9-19)33(29,30)26-13-5-3-4-6-14-26/h7-12,17H,3-6,13-16H2,1-2H3. The van der Waals surface area contributed by atoms with Gasteiger partial charge >= 0.3 is 0 Å². The predicted molar refractivity (Wildman–Crippen MR) is 130 cm³/mol. The molecule has 0 radical (unpaired) electrons. The molecule has 1 fully saturated rings. The Morgan fingerprint density at radius 3 is 2.42 bits per heavy atom. The molecule has 176 valence electrons. The highest BCUT2D eigenvalue weighted by molar-refractivity contribution is 7.89. The number of benzene rings is 2. The first-order valence-electron chi connectivity index (χ1n) is 11.2. The largest absolute Gasteiger partial charge is 0.383 e. The predicted octanol–water partition coefficient (Wildman–Crippen LogP) is 3.96. The van der Waals surface area contributed by atoms with Crippen molar-refractivity contribution in [2.75, 3.05) is 26.8 Å². The number of methoxy groups -OCH3 is 1. The molecule has 9 heteroatoms. The average Bonchev–Trinajstić information content (AvgIpc) is 2.96. The van der Waals surface area contributed by atoms with Gasteiger partial charge < -0.3 is 9.30 Å². The zero-order valence-corrected chi connectivity index (χ0v) is 20.6. The van der Waals surface area contributed by atoms with Crippen LogP contribution in [0, 0.1) is 6.92 Å². The molecule has 1 aliphatic rings. The summed E-state index contributed by atoms with van der Waals surface area (Å²) >= 11 is 1.46. The van der Waals surface area contributed by atoms with E-state index in [1.807, 2.05) is 23.6 Å². The SMILES string of the molecule is COCCn1c(=NC(=O)c2ccc(S(=O)(=O)N3CCCCCC3)cc2)sc2cc(C)ccc21. The van der Waals surface area contributed by atoms with Crippen molar-refractivity contribution < 1.29 is 17.9 Å². The van der Waals surface area contributed by atoms with Gasteiger partial charge in [-0.25, -0.2) is 8.42 Å². The van der Waals surface area contributed by atoms with Crippen molar-refractivity contribution in [2.24, 2.45) is 4.99 Å². The molecular formula is C24H29N3O4S2. The fourth-order valence-corrected chi connectivity index (χ4v) is 6.69. The van der Waals surface area contributed by atoms with Gasteiger partial charge in [-0.05, 0) is 61.7 Å². The van der Waals surface area contributed by atoms with Gasteiger partial charge in [0.25, 0.3) is 5.91 Å². The van der Waals surface area contributed by atoms with Gasteiger partial charge in [0.05, 0.1) is 21.7 Å². The molecule has 1 saturated heterocycles. The normalized spacial score (nSPS) is 16.2. The summed E-state index contributed by atoms with van der Waals surface area (Å²) < 4.78 is 35.8. The van der Waals surface area contributed by atoms with Crippen LogP contribution in [0.1, 0.15) is 41.6 Å². The lowest BCUT2D eigenvalue weighted by atomic mass is 10.2. The maximum Gasteiger partial charge on any atom is 0.279 e. The highest BCUT2D eigenvalue weighted by atomic mass is 32.2. The van der Waals surface area contributed by atoms with Crippen molar-refractivity contribution in [3.8, 4) is 0 Å². The molecule has 4 rings (SSSR count). The topological polar surface area (TPSA) is 81.0 Å². The summed E-state index contributed by atoms with van der Waals surface area (Å²) in [6.07, 6.45) is 3.88. The summed E-state index contributed by atoms with van der Waals surface area (Å²) in [6, 6.07) is 12.3. The average molecular weight is 488 g/mol. The van der Waals surface area contributed by atoms with Gasteiger partial charge in [-0.2, -0.15) is 9.30 Å². The summed E-state index contributed by atoms with van der Waals surface area (Å²) in [5.74, 6) is -0.400. The number of amides is 1. The van der Waals surface area contributed by atoms with Crippen LogP contribution in [0.25, 0.3) is 10.2 Å². The first-order valence-corrected chi connectivity index (χ1v) is 13.4. The Bertz CT molecular complexity index is 1300. The number of thiazole rings is 1. The van der Waals surface area contributed by atoms with Gasteiger partial charge in [-0.1, -0.05) is 30.2 Å². The van der Waals surface area contributed by atoms with Gasteiger partial charge in [0, 0.05) is 32.3 Å². The molecule has 33 heavy (non-hydrogen) atoms. The number of aromatic nitrogens is 1. The molecule has 0 spiro atoms. The van der Waals surface area contributed by atoms with Crippen LogP contribution in [0.2, 0.25) is 0 Å². The number of carbonyl (C=O) groups excluding carboxylic acids is 1. The van der Waals surface area contributed by atoms with E-state index in [0.717, 1.165) is 41.5 Å². The summed E-state index contributed by atoms with van der Waals surface area (Å²) in [5, 5.41) is 0. The number of fused-ring (bicyclic) bond motifs is 1. The van der Waals surface area contributed by atoms with E-state index in [2.05, 4.69) is 11.1 Å². The first kappa shape index (κ1) is 23.8. The third-order valence-corrected chi connectivity index (χ3v) is 8.81. The van der Waals surface area contributed by atoms with Gasteiger partial charge in [-0.3, -0.25) is 4.79 Å². The van der Waals surface area contributed by atoms with Gasteiger partial charge in [0.15, 0.2) is 4.80 Å². The minimum absolute atomic E-state index is 0.216. The highest BCUT2D eigenvalue weighted by Crippen LogP contribution is 2.22. The van der Waals surface area contributed by atoms with Gasteiger partial charge in [-0.15, -0.1) is 0 Å². The van der Waals surface area contributed by atoms with Crippen molar-refractivity contribution in [1.82, 2.24) is 8.87 Å². The molecule has 0 unspecified atom stereocenters. The van der Waals surface area contributed by atoms with Crippen LogP contribution in [0.5, 0.6) is 0 Å². The second-order valence-electron chi connectivity index (χ2n) is 8.26. The monoisotopic (exact) mass is 487 g/mol. The van der Waals surface area contributed by atoms with E-state index in [-0.39, 0.29) is 4.90 Å². The van der Waals surface area contributed by atoms with E-state index in [1.54, 1.807) is 23.5 Å². The fraction of sp³-hybridized carbons (Fsp3) is 0.417. The van der Waals surface area contributed by atoms with E-state index in [4.69, 9.17) is 4.74 Å². The minimum Gasteiger partial charge on any atom is -0.383 e. The lowest BCUT2D eigenvalue weighted by Crippen LogP contribution is -2.31. The smallest absolute Gasteiger partial charge is 0.279 e. The Balaban J connectivity index is 1.63. The number of nitrogens with zero attached hydrogens (tertiary/aromatic N) is 3. The van der Waals surface area contributed by atoms with Crippen molar-refractivity contribution in [3.63, 3.8) is 0 Å². The number of hydrogen-bond acceptors (Lipinski definition) is 5. The van der Waals surface area contributed by atoms with E-state index in [1.165, 1.54) is 23.5 Å². The van der Waals surface area contributed by atoms with Crippen molar-refractivity contribution in [1.29, 1.82) is 0 Å². The minimum atomic E-state index is -3.55. The number of hydrogen-bond donors (Lipinski definition) is 0. The Kier molecular flexibility index (Phi) is 7.43. The number of sulfonamides is 1. The number of ether oxygens (including phenoxy) is 1. The van der Waals surface area contributed by atoms with Gasteiger partial charge in [0.1, 0.15) is 0 Å². The highest BCUT2D eigenvalue weighted by Gasteiger charge is 2.25. The van der Waals surface area contributed by atoms with Crippen molar-refractivity contribution in [2.45, 2.75) is 44.0 Å². The van der Waals surface area contributed by atoms with Crippen LogP contribution in [-0.2, 0) is 21.3 Å². The maximum absolute atomic E-state index is 13.0. The fourth-order valence-electron chi connectivity index (χ4n) is 4.02. The lowest BCUT2D eigenvalue weighted by Gasteiger charge is -2.19. The Hall–Kier alpha value is -2.33. The van der Waals surface area contributed by atoms with E-state index in [0.29, 0.717) is 36.6 Å². The molecule has 0 bridgehead atoms. The molecule has 1 aliphatic heterocycles. The summed E-state index contributed by atoms with van der Waals surface area (Å²) in [6.45, 7) is 4.21. The Morgan fingerprint density at radius 1 is 1.06 bits per heavy atom. The molecule has 7 nitrogen and oxygen atoms in total. The Morgan fingerprint density at radius 2 is 1.76 bits per heavy atom. The number of rotatable bonds is 6. The lowest BCUT2D eigenvalue weighted by molar-refractivity contribution is 0.0997. The second-order valence-corrected chi connectivity index (χ2v) is 11.2. The van der Waals surface area contributed by atoms with Crippen molar-refractivity contribution in [3.05, 3.63) is 58.4 Å². The maximum atomic E-state index is 13.0. The quantitative estimate of drug-likeness (QED) is 0.527. The molecule has 0 aliphatic carbocycles. The zero-order valence-electron chi connectivity index (χ0n) is 19.0. The molecule has 0 atom stereocenters. The summed E-state index contributed by atoms with van der Waals surface area (Å²) in [4.78, 5) is 18.1. The number of aryl methyl sites for hydroxylation is 1. The molecule has 2 heterocycles. The van der Waals surface area contributed by atoms with Crippen LogP contribution in [0.15, 0.2) is 52.4 Å². The van der Waals surface area contributed by atoms with E-state index in [9.17, 15) is 13.2 Å². The summed E-state index contributed by atoms with van der Waals surface area (Å²) in [5.41, 5.74) is 2.51. The third-order valence-electron chi connectivity index (χ3n) is 5.86. The molecule has 1 aromatic heterocycles. The first-order chi connectivity index (χ1) is 15.9. The molecule has 2 aromatic carbocycles. The van der Waals surface area contributed by atoms with Crippen molar-refractivity contribution >= 4 is 37.5 Å². The molecule has 0 N–H and O–H groups in total.